The highest BCUT2D eigenvalue weighted by Gasteiger charge is 2.36. The highest BCUT2D eigenvalue weighted by atomic mass is 32.2. The minimum atomic E-state index is -3.64. The van der Waals surface area contributed by atoms with E-state index >= 15 is 0 Å². The molecule has 1 saturated heterocycles. The van der Waals surface area contributed by atoms with E-state index in [0.717, 1.165) is 19.4 Å². The van der Waals surface area contributed by atoms with Gasteiger partial charge in [-0.25, -0.2) is 0 Å². The number of allylic oxidation sites excluding steroid dienone is 1. The molecule has 0 unspecified atom stereocenters. The van der Waals surface area contributed by atoms with Crippen molar-refractivity contribution >= 4 is 21.8 Å². The summed E-state index contributed by atoms with van der Waals surface area (Å²) < 4.78 is 29.2. The number of hydrogen-bond donors (Lipinski definition) is 1. The average molecular weight is 339 g/mol. The zero-order valence-electron chi connectivity index (χ0n) is 13.8. The number of piperidine rings is 1. The van der Waals surface area contributed by atoms with Gasteiger partial charge in [0, 0.05) is 23.9 Å². The first-order valence-electron chi connectivity index (χ1n) is 8.46. The lowest BCUT2D eigenvalue weighted by Crippen LogP contribution is -2.50. The Labute approximate surface area is 138 Å². The number of nitrogens with zero attached hydrogens (tertiary/aromatic N) is 2. The third kappa shape index (κ3) is 3.44. The summed E-state index contributed by atoms with van der Waals surface area (Å²) in [5, 5.41) is 0. The number of rotatable bonds is 2. The van der Waals surface area contributed by atoms with Crippen LogP contribution in [0.4, 0.5) is 0 Å². The summed E-state index contributed by atoms with van der Waals surface area (Å²) in [5.74, 6) is 0.753. The molecule has 2 fully saturated rings. The molecule has 0 aromatic rings. The smallest absolute Gasteiger partial charge is 0.339 e. The van der Waals surface area contributed by atoms with Gasteiger partial charge in [0.05, 0.1) is 12.1 Å². The molecule has 0 aromatic heterocycles. The molecule has 3 aliphatic rings. The Balaban J connectivity index is 1.75. The zero-order chi connectivity index (χ0) is 16.6. The highest BCUT2D eigenvalue weighted by Crippen LogP contribution is 2.36. The van der Waals surface area contributed by atoms with Gasteiger partial charge in [0.1, 0.15) is 0 Å². The van der Waals surface area contributed by atoms with Crippen LogP contribution in [0.5, 0.6) is 0 Å². The van der Waals surface area contributed by atoms with E-state index in [-0.39, 0.29) is 12.3 Å². The summed E-state index contributed by atoms with van der Waals surface area (Å²) in [5.41, 5.74) is 1.65. The Morgan fingerprint density at radius 2 is 1.91 bits per heavy atom. The molecule has 2 heterocycles. The second-order valence-corrected chi connectivity index (χ2v) is 8.21. The second kappa shape index (κ2) is 6.26. The standard InChI is InChI=1S/C16H25N3O3S/c1-11-14(12(2)18-23(21,22)17-11)10-16(20)19-9-5-7-13-6-3-4-8-15(13)19/h13,15,17H,3-10H2,1-2H3/t13-,15+/m1/s1. The van der Waals surface area contributed by atoms with Crippen molar-refractivity contribution in [2.45, 2.75) is 64.8 Å². The van der Waals surface area contributed by atoms with Crippen molar-refractivity contribution in [2.75, 3.05) is 6.54 Å². The van der Waals surface area contributed by atoms with Crippen LogP contribution in [-0.2, 0) is 15.0 Å². The van der Waals surface area contributed by atoms with E-state index in [1.54, 1.807) is 13.8 Å². The van der Waals surface area contributed by atoms with Crippen molar-refractivity contribution in [3.63, 3.8) is 0 Å². The number of amides is 1. The van der Waals surface area contributed by atoms with Crippen molar-refractivity contribution in [1.82, 2.24) is 9.62 Å². The van der Waals surface area contributed by atoms with E-state index in [0.29, 0.717) is 28.9 Å². The third-order valence-electron chi connectivity index (χ3n) is 5.32. The van der Waals surface area contributed by atoms with Gasteiger partial charge in [-0.15, -0.1) is 4.40 Å². The second-order valence-electron chi connectivity index (χ2n) is 6.88. The predicted molar refractivity (Wildman–Crippen MR) is 89.2 cm³/mol. The van der Waals surface area contributed by atoms with Gasteiger partial charge in [-0.05, 0) is 45.4 Å². The van der Waals surface area contributed by atoms with Crippen LogP contribution in [0.2, 0.25) is 0 Å². The van der Waals surface area contributed by atoms with E-state index in [1.807, 2.05) is 4.90 Å². The van der Waals surface area contributed by atoms with Crippen molar-refractivity contribution in [3.05, 3.63) is 11.3 Å². The normalized spacial score (nSPS) is 30.3. The summed E-state index contributed by atoms with van der Waals surface area (Å²) in [6, 6.07) is 0.378. The van der Waals surface area contributed by atoms with Crippen LogP contribution in [0, 0.1) is 5.92 Å². The van der Waals surface area contributed by atoms with Crippen molar-refractivity contribution in [2.24, 2.45) is 10.3 Å². The molecule has 0 spiro atoms. The number of hydrogen-bond acceptors (Lipinski definition) is 3. The molecule has 0 radical (unpaired) electrons. The van der Waals surface area contributed by atoms with Crippen LogP contribution >= 0.6 is 0 Å². The average Bonchev–Trinajstić information content (AvgIpc) is 2.49. The molecule has 2 atom stereocenters. The Bertz CT molecular complexity index is 664. The molecule has 1 aliphatic carbocycles. The lowest BCUT2D eigenvalue weighted by atomic mass is 9.78. The summed E-state index contributed by atoms with van der Waals surface area (Å²) in [4.78, 5) is 14.9. The van der Waals surface area contributed by atoms with Crippen LogP contribution in [0.15, 0.2) is 15.7 Å². The maximum Gasteiger partial charge on any atom is 0.342 e. The highest BCUT2D eigenvalue weighted by molar-refractivity contribution is 7.88. The van der Waals surface area contributed by atoms with Gasteiger partial charge >= 0.3 is 10.2 Å². The number of fused-ring (bicyclic) bond motifs is 1. The fraction of sp³-hybridized carbons (Fsp3) is 0.750. The summed E-state index contributed by atoms with van der Waals surface area (Å²) in [7, 11) is -3.64. The van der Waals surface area contributed by atoms with Crippen LogP contribution in [0.3, 0.4) is 0 Å². The van der Waals surface area contributed by atoms with Crippen LogP contribution in [-0.4, -0.2) is 37.5 Å². The zero-order valence-corrected chi connectivity index (χ0v) is 14.7. The van der Waals surface area contributed by atoms with E-state index in [9.17, 15) is 13.2 Å². The van der Waals surface area contributed by atoms with Gasteiger partial charge < -0.3 is 4.90 Å². The Kier molecular flexibility index (Phi) is 4.49. The topological polar surface area (TPSA) is 78.8 Å². The van der Waals surface area contributed by atoms with Gasteiger partial charge in [-0.3, -0.25) is 9.52 Å². The monoisotopic (exact) mass is 339 g/mol. The maximum absolute atomic E-state index is 12.8. The van der Waals surface area contributed by atoms with Crippen LogP contribution in [0.1, 0.15) is 58.8 Å². The van der Waals surface area contributed by atoms with Gasteiger partial charge in [0.2, 0.25) is 5.91 Å². The predicted octanol–water partition coefficient (Wildman–Crippen LogP) is 2.14. The Morgan fingerprint density at radius 1 is 1.22 bits per heavy atom. The number of nitrogens with one attached hydrogen (secondary N) is 1. The van der Waals surface area contributed by atoms with Crippen molar-refractivity contribution < 1.29 is 13.2 Å². The molecule has 0 bridgehead atoms. The lowest BCUT2D eigenvalue weighted by Gasteiger charge is -2.44. The summed E-state index contributed by atoms with van der Waals surface area (Å²) in [6.07, 6.45) is 7.35. The first kappa shape index (κ1) is 16.5. The number of carbonyl (C=O) groups excluding carboxylic acids is 1. The van der Waals surface area contributed by atoms with Crippen molar-refractivity contribution in [1.29, 1.82) is 0 Å². The van der Waals surface area contributed by atoms with Crippen molar-refractivity contribution in [3.8, 4) is 0 Å². The third-order valence-corrected chi connectivity index (χ3v) is 6.40. The van der Waals surface area contributed by atoms with E-state index in [2.05, 4.69) is 9.12 Å². The van der Waals surface area contributed by atoms with E-state index < -0.39 is 10.2 Å². The first-order valence-corrected chi connectivity index (χ1v) is 9.90. The molecular weight excluding hydrogens is 314 g/mol. The molecule has 1 N–H and O–H groups in total. The molecule has 7 heteroatoms. The Morgan fingerprint density at radius 3 is 2.65 bits per heavy atom. The largest absolute Gasteiger partial charge is 0.342 e. The minimum absolute atomic E-state index is 0.103. The van der Waals surface area contributed by atoms with Crippen LogP contribution in [0.25, 0.3) is 0 Å². The molecule has 128 valence electrons. The molecule has 6 nitrogen and oxygen atoms in total. The molecular formula is C16H25N3O3S. The number of likely N-dealkylation sites (tertiary alicyclic amines) is 1. The van der Waals surface area contributed by atoms with E-state index in [1.165, 1.54) is 25.7 Å². The first-order chi connectivity index (χ1) is 10.9. The molecule has 1 saturated carbocycles. The lowest BCUT2D eigenvalue weighted by molar-refractivity contribution is -0.136. The number of carbonyl (C=O) groups is 1. The molecule has 0 aromatic carbocycles. The maximum atomic E-state index is 12.8. The Hall–Kier alpha value is -1.37. The molecule has 2 aliphatic heterocycles. The fourth-order valence-electron chi connectivity index (χ4n) is 4.23. The fourth-order valence-corrected chi connectivity index (χ4v) is 5.26. The summed E-state index contributed by atoms with van der Waals surface area (Å²) >= 11 is 0. The molecule has 3 rings (SSSR count). The van der Waals surface area contributed by atoms with Crippen LogP contribution < -0.4 is 4.72 Å². The quantitative estimate of drug-likeness (QED) is 0.837. The van der Waals surface area contributed by atoms with Gasteiger partial charge in [0.15, 0.2) is 0 Å². The molecule has 1 amide bonds. The van der Waals surface area contributed by atoms with E-state index in [4.69, 9.17) is 0 Å². The summed E-state index contributed by atoms with van der Waals surface area (Å²) in [6.45, 7) is 4.18. The van der Waals surface area contributed by atoms with Gasteiger partial charge in [-0.1, -0.05) is 12.8 Å². The minimum Gasteiger partial charge on any atom is -0.339 e. The van der Waals surface area contributed by atoms with Gasteiger partial charge in [0.25, 0.3) is 0 Å². The SMILES string of the molecule is CC1=NS(=O)(=O)NC(C)=C1CC(=O)N1CCC[C@H]2CCCC[C@@H]21. The molecule has 23 heavy (non-hydrogen) atoms. The van der Waals surface area contributed by atoms with Gasteiger partial charge in [-0.2, -0.15) is 8.42 Å².